The zero-order valence-electron chi connectivity index (χ0n) is 16.0. The number of likely N-dealkylation sites (tertiary alicyclic amines) is 1. The van der Waals surface area contributed by atoms with E-state index in [1.54, 1.807) is 32.2 Å². The topological polar surface area (TPSA) is 77.1 Å². The molecule has 2 amide bonds. The number of ether oxygens (including phenoxy) is 3. The monoisotopic (exact) mass is 376 g/mol. The van der Waals surface area contributed by atoms with Gasteiger partial charge >= 0.3 is 0 Å². The van der Waals surface area contributed by atoms with E-state index in [2.05, 4.69) is 5.32 Å². The molecule has 7 nitrogen and oxygen atoms in total. The van der Waals surface area contributed by atoms with Gasteiger partial charge < -0.3 is 24.4 Å². The molecule has 2 fully saturated rings. The Bertz CT molecular complexity index is 664. The molecular formula is C20H28N2O5. The van der Waals surface area contributed by atoms with Crippen LogP contribution in [0.3, 0.4) is 0 Å². The van der Waals surface area contributed by atoms with Gasteiger partial charge in [0.25, 0.3) is 5.91 Å². The van der Waals surface area contributed by atoms with Crippen LogP contribution in [0.5, 0.6) is 11.5 Å². The third-order valence-electron chi connectivity index (χ3n) is 5.13. The van der Waals surface area contributed by atoms with Crippen LogP contribution in [0.2, 0.25) is 0 Å². The van der Waals surface area contributed by atoms with E-state index in [-0.39, 0.29) is 24.0 Å². The summed E-state index contributed by atoms with van der Waals surface area (Å²) in [5.41, 5.74) is 0.460. The van der Waals surface area contributed by atoms with Gasteiger partial charge in [-0.15, -0.1) is 0 Å². The fourth-order valence-corrected chi connectivity index (χ4v) is 3.49. The predicted octanol–water partition coefficient (Wildman–Crippen LogP) is 1.99. The minimum absolute atomic E-state index is 0.0151. The number of hydrogen-bond donors (Lipinski definition) is 1. The molecule has 0 aromatic heterocycles. The standard InChI is InChI=1S/C20H28N2O5/c1-14(23)22-9-7-15(8-10-22)27-19-6-5-16(25-2)12-18(19)20(24)21-13-17-4-3-11-26-17/h5-6,12,15,17H,3-4,7-11,13H2,1-2H3,(H,21,24). The van der Waals surface area contributed by atoms with E-state index < -0.39 is 0 Å². The Hall–Kier alpha value is -2.28. The van der Waals surface area contributed by atoms with Crippen LogP contribution in [0, 0.1) is 0 Å². The fraction of sp³-hybridized carbons (Fsp3) is 0.600. The van der Waals surface area contributed by atoms with E-state index in [4.69, 9.17) is 14.2 Å². The van der Waals surface area contributed by atoms with Gasteiger partial charge in [-0.25, -0.2) is 0 Å². The summed E-state index contributed by atoms with van der Waals surface area (Å²) in [6, 6.07) is 5.26. The van der Waals surface area contributed by atoms with E-state index in [9.17, 15) is 9.59 Å². The highest BCUT2D eigenvalue weighted by molar-refractivity contribution is 5.97. The highest BCUT2D eigenvalue weighted by atomic mass is 16.5. The van der Waals surface area contributed by atoms with Crippen LogP contribution in [0.4, 0.5) is 0 Å². The molecule has 2 saturated heterocycles. The average molecular weight is 376 g/mol. The second-order valence-electron chi connectivity index (χ2n) is 7.03. The number of benzene rings is 1. The molecule has 27 heavy (non-hydrogen) atoms. The fourth-order valence-electron chi connectivity index (χ4n) is 3.49. The minimum Gasteiger partial charge on any atom is -0.497 e. The van der Waals surface area contributed by atoms with Crippen LogP contribution < -0.4 is 14.8 Å². The summed E-state index contributed by atoms with van der Waals surface area (Å²) in [5.74, 6) is 1.05. The SMILES string of the molecule is COc1ccc(OC2CCN(C(C)=O)CC2)c(C(=O)NCC2CCCO2)c1. The number of nitrogens with zero attached hydrogens (tertiary/aromatic N) is 1. The zero-order chi connectivity index (χ0) is 19.2. The number of carbonyl (C=O) groups excluding carboxylic acids is 2. The van der Waals surface area contributed by atoms with Crippen LogP contribution >= 0.6 is 0 Å². The Morgan fingerprint density at radius 3 is 2.67 bits per heavy atom. The number of hydrogen-bond acceptors (Lipinski definition) is 5. The lowest BCUT2D eigenvalue weighted by molar-refractivity contribution is -0.130. The molecule has 0 radical (unpaired) electrons. The number of nitrogens with one attached hydrogen (secondary N) is 1. The van der Waals surface area contributed by atoms with Gasteiger partial charge in [0.2, 0.25) is 5.91 Å². The summed E-state index contributed by atoms with van der Waals surface area (Å²) in [4.78, 5) is 26.0. The van der Waals surface area contributed by atoms with Gasteiger partial charge in [0.15, 0.2) is 0 Å². The molecule has 3 rings (SSSR count). The summed E-state index contributed by atoms with van der Waals surface area (Å²) in [5, 5.41) is 2.94. The second-order valence-corrected chi connectivity index (χ2v) is 7.03. The third-order valence-corrected chi connectivity index (χ3v) is 5.13. The Kier molecular flexibility index (Phi) is 6.55. The first-order chi connectivity index (χ1) is 13.1. The molecule has 0 saturated carbocycles. The Morgan fingerprint density at radius 2 is 2.04 bits per heavy atom. The summed E-state index contributed by atoms with van der Waals surface area (Å²) in [6.07, 6.45) is 3.58. The first kappa shape index (κ1) is 19.5. The highest BCUT2D eigenvalue weighted by Crippen LogP contribution is 2.27. The van der Waals surface area contributed by atoms with Crippen molar-refractivity contribution in [1.29, 1.82) is 0 Å². The van der Waals surface area contributed by atoms with Crippen molar-refractivity contribution < 1.29 is 23.8 Å². The molecule has 2 aliphatic heterocycles. The Balaban J connectivity index is 1.65. The first-order valence-corrected chi connectivity index (χ1v) is 9.57. The lowest BCUT2D eigenvalue weighted by Crippen LogP contribution is -2.41. The van der Waals surface area contributed by atoms with Gasteiger partial charge in [-0.2, -0.15) is 0 Å². The number of piperidine rings is 1. The molecule has 2 heterocycles. The van der Waals surface area contributed by atoms with Crippen molar-refractivity contribution >= 4 is 11.8 Å². The summed E-state index contributed by atoms with van der Waals surface area (Å²) in [6.45, 7) is 4.19. The molecule has 1 aromatic rings. The van der Waals surface area contributed by atoms with Crippen molar-refractivity contribution in [2.75, 3.05) is 33.4 Å². The summed E-state index contributed by atoms with van der Waals surface area (Å²) >= 11 is 0. The van der Waals surface area contributed by atoms with Gasteiger partial charge in [-0.05, 0) is 31.0 Å². The van der Waals surface area contributed by atoms with Gasteiger partial charge in [-0.3, -0.25) is 9.59 Å². The molecule has 7 heteroatoms. The van der Waals surface area contributed by atoms with E-state index in [1.807, 2.05) is 4.90 Å². The molecule has 148 valence electrons. The smallest absolute Gasteiger partial charge is 0.255 e. The molecule has 2 aliphatic rings. The average Bonchev–Trinajstić information content (AvgIpc) is 3.20. The summed E-state index contributed by atoms with van der Waals surface area (Å²) in [7, 11) is 1.57. The number of methoxy groups -OCH3 is 1. The van der Waals surface area contributed by atoms with Gasteiger partial charge in [0.05, 0.1) is 18.8 Å². The lowest BCUT2D eigenvalue weighted by atomic mass is 10.1. The highest BCUT2D eigenvalue weighted by Gasteiger charge is 2.24. The van der Waals surface area contributed by atoms with Crippen LogP contribution in [-0.4, -0.2) is 62.3 Å². The maximum atomic E-state index is 12.7. The molecule has 0 aliphatic carbocycles. The number of amides is 2. The molecule has 0 bridgehead atoms. The minimum atomic E-state index is -0.194. The van der Waals surface area contributed by atoms with Crippen molar-refractivity contribution in [2.45, 2.75) is 44.8 Å². The zero-order valence-corrected chi connectivity index (χ0v) is 16.0. The van der Waals surface area contributed by atoms with E-state index in [0.29, 0.717) is 36.7 Å². The molecule has 1 N–H and O–H groups in total. The molecule has 1 atom stereocenters. The van der Waals surface area contributed by atoms with Crippen LogP contribution in [0.25, 0.3) is 0 Å². The van der Waals surface area contributed by atoms with Crippen LogP contribution in [0.15, 0.2) is 18.2 Å². The molecule has 1 unspecified atom stereocenters. The van der Waals surface area contributed by atoms with Gasteiger partial charge in [0, 0.05) is 46.0 Å². The van der Waals surface area contributed by atoms with Crippen molar-refractivity contribution in [3.05, 3.63) is 23.8 Å². The maximum absolute atomic E-state index is 12.7. The Labute approximate surface area is 160 Å². The van der Waals surface area contributed by atoms with Crippen LogP contribution in [0.1, 0.15) is 43.0 Å². The van der Waals surface area contributed by atoms with E-state index in [1.165, 1.54) is 0 Å². The first-order valence-electron chi connectivity index (χ1n) is 9.57. The van der Waals surface area contributed by atoms with Crippen molar-refractivity contribution in [3.8, 4) is 11.5 Å². The number of rotatable bonds is 6. The normalized spacial score (nSPS) is 20.4. The van der Waals surface area contributed by atoms with Crippen molar-refractivity contribution in [1.82, 2.24) is 10.2 Å². The Morgan fingerprint density at radius 1 is 1.26 bits per heavy atom. The van der Waals surface area contributed by atoms with E-state index >= 15 is 0 Å². The van der Waals surface area contributed by atoms with Crippen LogP contribution in [-0.2, 0) is 9.53 Å². The lowest BCUT2D eigenvalue weighted by Gasteiger charge is -2.31. The number of carbonyl (C=O) groups is 2. The van der Waals surface area contributed by atoms with Crippen molar-refractivity contribution in [2.24, 2.45) is 0 Å². The second kappa shape index (κ2) is 9.08. The third kappa shape index (κ3) is 5.13. The quantitative estimate of drug-likeness (QED) is 0.822. The molecular weight excluding hydrogens is 348 g/mol. The molecule has 1 aromatic carbocycles. The molecule has 0 spiro atoms. The largest absolute Gasteiger partial charge is 0.497 e. The van der Waals surface area contributed by atoms with Gasteiger partial charge in [0.1, 0.15) is 17.6 Å². The summed E-state index contributed by atoms with van der Waals surface area (Å²) < 4.78 is 16.9. The predicted molar refractivity (Wildman–Crippen MR) is 100 cm³/mol. The van der Waals surface area contributed by atoms with E-state index in [0.717, 1.165) is 32.3 Å². The maximum Gasteiger partial charge on any atom is 0.255 e. The van der Waals surface area contributed by atoms with Gasteiger partial charge in [-0.1, -0.05) is 0 Å². The van der Waals surface area contributed by atoms with Crippen molar-refractivity contribution in [3.63, 3.8) is 0 Å².